The minimum atomic E-state index is -0.454. The second kappa shape index (κ2) is 5.00. The Morgan fingerprint density at radius 1 is 1.38 bits per heavy atom. The molecule has 114 valence electrons. The number of nitrogens with zero attached hydrogens (tertiary/aromatic N) is 2. The fraction of sp³-hybridized carbons (Fsp3) is 0.647. The molecule has 3 heterocycles. The van der Waals surface area contributed by atoms with Crippen LogP contribution in [0, 0.1) is 0 Å². The van der Waals surface area contributed by atoms with Gasteiger partial charge in [-0.05, 0) is 64.5 Å². The molecule has 2 saturated heterocycles. The lowest BCUT2D eigenvalue weighted by Gasteiger charge is -2.45. The molecule has 2 aliphatic rings. The molecule has 2 fully saturated rings. The molecule has 1 aromatic rings. The Balaban J connectivity index is 1.96. The van der Waals surface area contributed by atoms with Gasteiger partial charge in [0.25, 0.3) is 0 Å². The minimum Gasteiger partial charge on any atom is -0.444 e. The van der Waals surface area contributed by atoms with Crippen molar-refractivity contribution in [2.24, 2.45) is 0 Å². The molecule has 0 aliphatic carbocycles. The summed E-state index contributed by atoms with van der Waals surface area (Å²) in [6, 6.07) is 4.37. The fourth-order valence-electron chi connectivity index (χ4n) is 3.85. The first-order chi connectivity index (χ1) is 9.92. The van der Waals surface area contributed by atoms with Crippen molar-refractivity contribution in [1.82, 2.24) is 9.88 Å². The highest BCUT2D eigenvalue weighted by atomic mass is 16.6. The number of amides is 1. The monoisotopic (exact) mass is 288 g/mol. The van der Waals surface area contributed by atoms with Crippen molar-refractivity contribution in [2.75, 3.05) is 0 Å². The largest absolute Gasteiger partial charge is 0.444 e. The lowest BCUT2D eigenvalue weighted by Crippen LogP contribution is -2.52. The molecule has 3 rings (SSSR count). The van der Waals surface area contributed by atoms with E-state index in [4.69, 9.17) is 4.74 Å². The van der Waals surface area contributed by atoms with Gasteiger partial charge < -0.3 is 4.74 Å². The van der Waals surface area contributed by atoms with Gasteiger partial charge in [-0.2, -0.15) is 0 Å². The van der Waals surface area contributed by atoms with E-state index in [9.17, 15) is 4.79 Å². The molecular weight excluding hydrogens is 264 g/mol. The second-order valence-electron chi connectivity index (χ2n) is 7.21. The number of ether oxygens (including phenoxy) is 1. The van der Waals surface area contributed by atoms with Crippen molar-refractivity contribution in [3.63, 3.8) is 0 Å². The predicted molar refractivity (Wildman–Crippen MR) is 80.9 cm³/mol. The van der Waals surface area contributed by atoms with Crippen LogP contribution < -0.4 is 0 Å². The molecule has 0 N–H and O–H groups in total. The summed E-state index contributed by atoms with van der Waals surface area (Å²) < 4.78 is 5.67. The summed E-state index contributed by atoms with van der Waals surface area (Å²) >= 11 is 0. The molecule has 2 atom stereocenters. The molecule has 4 nitrogen and oxygen atoms in total. The lowest BCUT2D eigenvalue weighted by atomic mass is 9.82. The van der Waals surface area contributed by atoms with Gasteiger partial charge in [0.2, 0.25) is 0 Å². The zero-order chi connectivity index (χ0) is 15.1. The van der Waals surface area contributed by atoms with Crippen molar-refractivity contribution >= 4 is 6.09 Å². The van der Waals surface area contributed by atoms with Gasteiger partial charge >= 0.3 is 6.09 Å². The van der Waals surface area contributed by atoms with Gasteiger partial charge in [0.15, 0.2) is 0 Å². The molecule has 0 radical (unpaired) electrons. The SMILES string of the molecule is CC(C)(C)OC(=O)N1[C@@H]2CCC[C@@]1(c1cccnc1)CC2. The summed E-state index contributed by atoms with van der Waals surface area (Å²) in [7, 11) is 0. The van der Waals surface area contributed by atoms with Gasteiger partial charge in [0.05, 0.1) is 5.54 Å². The van der Waals surface area contributed by atoms with Crippen molar-refractivity contribution in [3.8, 4) is 0 Å². The zero-order valence-corrected chi connectivity index (χ0v) is 13.1. The van der Waals surface area contributed by atoms with E-state index in [2.05, 4.69) is 11.1 Å². The van der Waals surface area contributed by atoms with Gasteiger partial charge in [0, 0.05) is 18.4 Å². The number of pyridine rings is 1. The Bertz CT molecular complexity index is 519. The van der Waals surface area contributed by atoms with E-state index in [1.165, 1.54) is 6.42 Å². The van der Waals surface area contributed by atoms with Crippen LogP contribution in [0.2, 0.25) is 0 Å². The summed E-state index contributed by atoms with van der Waals surface area (Å²) in [6.07, 6.45) is 8.86. The van der Waals surface area contributed by atoms with Crippen LogP contribution in [0.1, 0.15) is 58.4 Å². The van der Waals surface area contributed by atoms with Gasteiger partial charge in [-0.3, -0.25) is 9.88 Å². The number of hydrogen-bond acceptors (Lipinski definition) is 3. The van der Waals surface area contributed by atoms with Crippen LogP contribution in [0.15, 0.2) is 24.5 Å². The molecule has 2 bridgehead atoms. The van der Waals surface area contributed by atoms with Gasteiger partial charge in [-0.25, -0.2) is 4.79 Å². The Labute approximate surface area is 126 Å². The summed E-state index contributed by atoms with van der Waals surface area (Å²) in [6.45, 7) is 5.77. The average Bonchev–Trinajstić information content (AvgIpc) is 2.66. The first kappa shape index (κ1) is 14.4. The maximum Gasteiger partial charge on any atom is 0.411 e. The molecular formula is C17H24N2O2. The van der Waals surface area contributed by atoms with Crippen molar-refractivity contribution in [1.29, 1.82) is 0 Å². The smallest absolute Gasteiger partial charge is 0.411 e. The van der Waals surface area contributed by atoms with Crippen LogP contribution in [0.25, 0.3) is 0 Å². The fourth-order valence-corrected chi connectivity index (χ4v) is 3.85. The first-order valence-corrected chi connectivity index (χ1v) is 7.85. The van der Waals surface area contributed by atoms with Crippen LogP contribution in [0.3, 0.4) is 0 Å². The molecule has 4 heteroatoms. The summed E-state index contributed by atoms with van der Waals surface area (Å²) in [4.78, 5) is 19.0. The van der Waals surface area contributed by atoms with Crippen molar-refractivity contribution in [2.45, 2.75) is 70.1 Å². The van der Waals surface area contributed by atoms with E-state index < -0.39 is 5.60 Å². The Morgan fingerprint density at radius 2 is 2.19 bits per heavy atom. The maximum atomic E-state index is 12.7. The standard InChI is InChI=1S/C17H24N2O2/c1-16(2,3)21-15(20)19-14-7-4-9-17(19,10-8-14)13-6-5-11-18-12-13/h5-6,11-12,14H,4,7-10H2,1-3H3/t14-,17+/m1/s1. The third-order valence-corrected chi connectivity index (χ3v) is 4.63. The number of carbonyl (C=O) groups is 1. The lowest BCUT2D eigenvalue weighted by molar-refractivity contribution is -0.0161. The van der Waals surface area contributed by atoms with Crippen LogP contribution in [-0.4, -0.2) is 27.6 Å². The number of hydrogen-bond donors (Lipinski definition) is 0. The molecule has 1 amide bonds. The van der Waals surface area contributed by atoms with E-state index in [1.807, 2.05) is 37.9 Å². The molecule has 0 spiro atoms. The van der Waals surface area contributed by atoms with E-state index >= 15 is 0 Å². The van der Waals surface area contributed by atoms with Crippen LogP contribution in [0.5, 0.6) is 0 Å². The van der Waals surface area contributed by atoms with Crippen LogP contribution >= 0.6 is 0 Å². The van der Waals surface area contributed by atoms with Gasteiger partial charge in [-0.1, -0.05) is 6.07 Å². The third kappa shape index (κ3) is 2.52. The van der Waals surface area contributed by atoms with Gasteiger partial charge in [-0.15, -0.1) is 0 Å². The number of piperidine rings is 1. The zero-order valence-electron chi connectivity index (χ0n) is 13.1. The average molecular weight is 288 g/mol. The van der Waals surface area contributed by atoms with E-state index in [-0.39, 0.29) is 11.6 Å². The Morgan fingerprint density at radius 3 is 2.86 bits per heavy atom. The van der Waals surface area contributed by atoms with Crippen molar-refractivity contribution < 1.29 is 9.53 Å². The number of aromatic nitrogens is 1. The summed E-state index contributed by atoms with van der Waals surface area (Å²) in [5.41, 5.74) is 0.488. The maximum absolute atomic E-state index is 12.7. The van der Waals surface area contributed by atoms with Crippen LogP contribution in [-0.2, 0) is 10.3 Å². The van der Waals surface area contributed by atoms with Gasteiger partial charge in [0.1, 0.15) is 5.60 Å². The van der Waals surface area contributed by atoms with E-state index in [0.29, 0.717) is 6.04 Å². The third-order valence-electron chi connectivity index (χ3n) is 4.63. The molecule has 2 aliphatic heterocycles. The topological polar surface area (TPSA) is 42.4 Å². The normalized spacial score (nSPS) is 28.5. The summed E-state index contributed by atoms with van der Waals surface area (Å²) in [5.74, 6) is 0. The molecule has 0 unspecified atom stereocenters. The Kier molecular flexibility index (Phi) is 3.42. The van der Waals surface area contributed by atoms with Crippen LogP contribution in [0.4, 0.5) is 4.79 Å². The number of rotatable bonds is 1. The molecule has 21 heavy (non-hydrogen) atoms. The van der Waals surface area contributed by atoms with E-state index in [0.717, 1.165) is 31.2 Å². The predicted octanol–water partition coefficient (Wildman–Crippen LogP) is 3.86. The molecule has 0 aromatic carbocycles. The number of carbonyl (C=O) groups excluding carboxylic acids is 1. The first-order valence-electron chi connectivity index (χ1n) is 7.85. The highest BCUT2D eigenvalue weighted by Crippen LogP contribution is 2.50. The van der Waals surface area contributed by atoms with Crippen molar-refractivity contribution in [3.05, 3.63) is 30.1 Å². The molecule has 1 aromatic heterocycles. The highest BCUT2D eigenvalue weighted by Gasteiger charge is 2.53. The minimum absolute atomic E-state index is 0.173. The Hall–Kier alpha value is -1.58. The number of fused-ring (bicyclic) bond motifs is 2. The molecule has 0 saturated carbocycles. The highest BCUT2D eigenvalue weighted by molar-refractivity contribution is 5.71. The van der Waals surface area contributed by atoms with E-state index in [1.54, 1.807) is 6.20 Å². The quantitative estimate of drug-likeness (QED) is 0.788. The summed E-state index contributed by atoms with van der Waals surface area (Å²) in [5, 5.41) is 0. The second-order valence-corrected chi connectivity index (χ2v) is 7.21.